The van der Waals surface area contributed by atoms with Crippen molar-refractivity contribution >= 4 is 9.84 Å². The van der Waals surface area contributed by atoms with E-state index in [1.165, 1.54) is 33.5 Å². The molecule has 1 aromatic carbocycles. The van der Waals surface area contributed by atoms with E-state index in [0.717, 1.165) is 5.69 Å². The molecule has 0 saturated carbocycles. The lowest BCUT2D eigenvalue weighted by Crippen LogP contribution is -2.28. The number of ether oxygens (including phenoxy) is 2. The fourth-order valence-electron chi connectivity index (χ4n) is 3.83. The molecule has 4 aromatic rings. The van der Waals surface area contributed by atoms with Crippen molar-refractivity contribution in [2.75, 3.05) is 14.2 Å². The Hall–Kier alpha value is -3.90. The van der Waals surface area contributed by atoms with Gasteiger partial charge in [-0.1, -0.05) is 12.1 Å². The molecule has 194 valence electrons. The first kappa shape index (κ1) is 26.2. The Morgan fingerprint density at radius 2 is 1.62 bits per heavy atom. The molecular formula is C25H28N6O5S. The van der Waals surface area contributed by atoms with E-state index in [4.69, 9.17) is 9.47 Å². The number of sulfone groups is 1. The summed E-state index contributed by atoms with van der Waals surface area (Å²) >= 11 is 0. The van der Waals surface area contributed by atoms with Crippen molar-refractivity contribution in [1.29, 1.82) is 0 Å². The summed E-state index contributed by atoms with van der Waals surface area (Å²) < 4.78 is 39.8. The van der Waals surface area contributed by atoms with Gasteiger partial charge >= 0.3 is 0 Å². The summed E-state index contributed by atoms with van der Waals surface area (Å²) in [6, 6.07) is 10.6. The van der Waals surface area contributed by atoms with Crippen molar-refractivity contribution in [3.63, 3.8) is 0 Å². The number of aliphatic hydroxyl groups excluding tert-OH is 1. The smallest absolute Gasteiger partial charge is 0.187 e. The van der Waals surface area contributed by atoms with Crippen LogP contribution < -0.4 is 9.47 Å². The minimum absolute atomic E-state index is 0.107. The van der Waals surface area contributed by atoms with Gasteiger partial charge in [0.15, 0.2) is 21.5 Å². The summed E-state index contributed by atoms with van der Waals surface area (Å²) in [5, 5.41) is 18.1. The highest BCUT2D eigenvalue weighted by Gasteiger charge is 2.33. The van der Waals surface area contributed by atoms with E-state index >= 15 is 0 Å². The third-order valence-electron chi connectivity index (χ3n) is 5.92. The number of aliphatic hydroxyl groups is 1. The summed E-state index contributed by atoms with van der Waals surface area (Å²) in [7, 11) is -0.951. The molecule has 0 fully saturated rings. The number of pyridine rings is 1. The van der Waals surface area contributed by atoms with Crippen LogP contribution in [0, 0.1) is 13.8 Å². The van der Waals surface area contributed by atoms with Gasteiger partial charge in [-0.05, 0) is 45.0 Å². The molecular weight excluding hydrogens is 496 g/mol. The molecule has 0 saturated heterocycles. The van der Waals surface area contributed by atoms with Gasteiger partial charge in [-0.15, -0.1) is 10.2 Å². The second-order valence-corrected chi connectivity index (χ2v) is 10.8. The van der Waals surface area contributed by atoms with Crippen LogP contribution in [0.15, 0.2) is 48.8 Å². The van der Waals surface area contributed by atoms with E-state index in [1.54, 1.807) is 35.8 Å². The number of methoxy groups -OCH3 is 2. The molecule has 0 aliphatic heterocycles. The SMILES string of the molecule is COc1cccc(OC)c1-n1c(CS(=O)(=O)[C@@H](C)[C@@H](O)c2cnc(C)cn2)nnc1-c1cccc(C)n1. The number of hydrogen-bond acceptors (Lipinski definition) is 10. The molecule has 3 aromatic heterocycles. The van der Waals surface area contributed by atoms with E-state index in [2.05, 4.69) is 25.1 Å². The molecule has 4 rings (SSSR count). The minimum atomic E-state index is -3.96. The molecule has 0 unspecified atom stereocenters. The molecule has 0 radical (unpaired) electrons. The zero-order valence-corrected chi connectivity index (χ0v) is 22.0. The average Bonchev–Trinajstić information content (AvgIpc) is 3.29. The van der Waals surface area contributed by atoms with Gasteiger partial charge in [0, 0.05) is 11.9 Å². The Morgan fingerprint density at radius 3 is 2.22 bits per heavy atom. The topological polar surface area (TPSA) is 142 Å². The lowest BCUT2D eigenvalue weighted by molar-refractivity contribution is 0.170. The van der Waals surface area contributed by atoms with Crippen molar-refractivity contribution in [3.8, 4) is 28.7 Å². The lowest BCUT2D eigenvalue weighted by atomic mass is 10.2. The number of aryl methyl sites for hydroxylation is 2. The summed E-state index contributed by atoms with van der Waals surface area (Å²) in [5.74, 6) is 0.749. The summed E-state index contributed by atoms with van der Waals surface area (Å²) in [5.41, 5.74) is 2.50. The first-order valence-corrected chi connectivity index (χ1v) is 13.2. The molecule has 11 nitrogen and oxygen atoms in total. The predicted octanol–water partition coefficient (Wildman–Crippen LogP) is 2.79. The van der Waals surface area contributed by atoms with Crippen LogP contribution in [0.5, 0.6) is 11.5 Å². The maximum atomic E-state index is 13.5. The van der Waals surface area contributed by atoms with Crippen molar-refractivity contribution in [3.05, 3.63) is 71.7 Å². The average molecular weight is 525 g/mol. The molecule has 2 atom stereocenters. The number of para-hydroxylation sites is 1. The fourth-order valence-corrected chi connectivity index (χ4v) is 5.18. The Balaban J connectivity index is 1.83. The van der Waals surface area contributed by atoms with E-state index in [0.29, 0.717) is 34.4 Å². The predicted molar refractivity (Wildman–Crippen MR) is 136 cm³/mol. The highest BCUT2D eigenvalue weighted by molar-refractivity contribution is 7.91. The molecule has 0 aliphatic carbocycles. The molecule has 0 spiro atoms. The van der Waals surface area contributed by atoms with Crippen LogP contribution in [-0.2, 0) is 15.6 Å². The zero-order chi connectivity index (χ0) is 26.7. The molecule has 37 heavy (non-hydrogen) atoms. The molecule has 0 amide bonds. The third kappa shape index (κ3) is 5.30. The van der Waals surface area contributed by atoms with Gasteiger partial charge in [-0.25, -0.2) is 13.4 Å². The van der Waals surface area contributed by atoms with Gasteiger partial charge in [0.2, 0.25) is 0 Å². The molecule has 0 aliphatic rings. The van der Waals surface area contributed by atoms with Gasteiger partial charge in [-0.3, -0.25) is 14.5 Å². The van der Waals surface area contributed by atoms with Crippen molar-refractivity contribution in [2.45, 2.75) is 37.9 Å². The molecule has 0 bridgehead atoms. The number of benzene rings is 1. The lowest BCUT2D eigenvalue weighted by Gasteiger charge is -2.20. The van der Waals surface area contributed by atoms with Crippen molar-refractivity contribution in [1.82, 2.24) is 29.7 Å². The van der Waals surface area contributed by atoms with E-state index in [9.17, 15) is 13.5 Å². The second kappa shape index (κ2) is 10.6. The Kier molecular flexibility index (Phi) is 7.50. The minimum Gasteiger partial charge on any atom is -0.494 e. The molecule has 1 N–H and O–H groups in total. The number of rotatable bonds is 9. The van der Waals surface area contributed by atoms with Gasteiger partial charge < -0.3 is 14.6 Å². The zero-order valence-electron chi connectivity index (χ0n) is 21.2. The normalized spacial score (nSPS) is 13.2. The van der Waals surface area contributed by atoms with Crippen LogP contribution in [-0.4, -0.2) is 62.7 Å². The standard InChI is InChI=1S/C25H28N6O5S/c1-15-8-6-9-18(28-15)25-30-29-22(31(25)23-20(35-4)10-7-11-21(23)36-5)14-37(33,34)17(3)24(32)19-13-26-16(2)12-27-19/h6-13,17,24,32H,14H2,1-5H3/t17-,24+/m0/s1. The first-order valence-electron chi connectivity index (χ1n) is 11.4. The van der Waals surface area contributed by atoms with Crippen molar-refractivity contribution in [2.24, 2.45) is 0 Å². The molecule has 3 heterocycles. The largest absolute Gasteiger partial charge is 0.494 e. The van der Waals surface area contributed by atoms with Crippen LogP contribution in [0.25, 0.3) is 17.2 Å². The Labute approximate surface area is 215 Å². The summed E-state index contributed by atoms with van der Waals surface area (Å²) in [4.78, 5) is 12.8. The number of aromatic nitrogens is 6. The van der Waals surface area contributed by atoms with Gasteiger partial charge in [0.25, 0.3) is 0 Å². The number of hydrogen-bond donors (Lipinski definition) is 1. The highest BCUT2D eigenvalue weighted by atomic mass is 32.2. The monoisotopic (exact) mass is 524 g/mol. The second-order valence-electron chi connectivity index (χ2n) is 8.49. The van der Waals surface area contributed by atoms with Crippen LogP contribution in [0.1, 0.15) is 35.9 Å². The van der Waals surface area contributed by atoms with Gasteiger partial charge in [0.1, 0.15) is 34.7 Å². The number of nitrogens with zero attached hydrogens (tertiary/aromatic N) is 6. The maximum Gasteiger partial charge on any atom is 0.187 e. The van der Waals surface area contributed by atoms with Crippen molar-refractivity contribution < 1.29 is 23.0 Å². The van der Waals surface area contributed by atoms with E-state index in [1.807, 2.05) is 19.1 Å². The third-order valence-corrected chi connectivity index (χ3v) is 7.97. The van der Waals surface area contributed by atoms with E-state index < -0.39 is 26.9 Å². The quantitative estimate of drug-likeness (QED) is 0.347. The summed E-state index contributed by atoms with van der Waals surface area (Å²) in [6.07, 6.45) is 1.47. The van der Waals surface area contributed by atoms with E-state index in [-0.39, 0.29) is 11.5 Å². The summed E-state index contributed by atoms with van der Waals surface area (Å²) in [6.45, 7) is 5.02. The fraction of sp³-hybridized carbons (Fsp3) is 0.320. The van der Waals surface area contributed by atoms with Crippen LogP contribution in [0.3, 0.4) is 0 Å². The Bertz CT molecular complexity index is 1480. The highest BCUT2D eigenvalue weighted by Crippen LogP contribution is 2.36. The molecule has 12 heteroatoms. The Morgan fingerprint density at radius 1 is 0.946 bits per heavy atom. The van der Waals surface area contributed by atoms with Crippen LogP contribution in [0.2, 0.25) is 0 Å². The van der Waals surface area contributed by atoms with Crippen LogP contribution in [0.4, 0.5) is 0 Å². The van der Waals surface area contributed by atoms with Gasteiger partial charge in [-0.2, -0.15) is 0 Å². The van der Waals surface area contributed by atoms with Gasteiger partial charge in [0.05, 0.1) is 37.1 Å². The maximum absolute atomic E-state index is 13.5. The van der Waals surface area contributed by atoms with Crippen LogP contribution >= 0.6 is 0 Å². The first-order chi connectivity index (χ1) is 17.7.